The van der Waals surface area contributed by atoms with Gasteiger partial charge in [-0.05, 0) is 18.9 Å². The standard InChI is InChI=1S/C17H19N7O/c1-22-16-13(6-20-22)17(19-10-18-16)23-7-11(8-23)9-24-15(25)5-4-14(21-24)12-2-3-12/h4-6,10-12H,2-3,7-9H2,1H3. The van der Waals surface area contributed by atoms with Gasteiger partial charge in [0.2, 0.25) is 0 Å². The number of fused-ring (bicyclic) bond motifs is 1. The number of aromatic nitrogens is 6. The van der Waals surface area contributed by atoms with Crippen molar-refractivity contribution in [1.82, 2.24) is 29.5 Å². The first-order valence-corrected chi connectivity index (χ1v) is 8.65. The molecule has 0 aromatic carbocycles. The summed E-state index contributed by atoms with van der Waals surface area (Å²) in [5.41, 5.74) is 1.88. The first kappa shape index (κ1) is 14.6. The largest absolute Gasteiger partial charge is 0.355 e. The molecule has 4 heterocycles. The summed E-state index contributed by atoms with van der Waals surface area (Å²) in [7, 11) is 1.88. The first-order chi connectivity index (χ1) is 12.2. The van der Waals surface area contributed by atoms with Gasteiger partial charge in [-0.25, -0.2) is 14.6 Å². The van der Waals surface area contributed by atoms with Crippen LogP contribution in [0.5, 0.6) is 0 Å². The molecule has 0 unspecified atom stereocenters. The van der Waals surface area contributed by atoms with Crippen LogP contribution in [0.1, 0.15) is 24.5 Å². The first-order valence-electron chi connectivity index (χ1n) is 8.65. The molecule has 2 aliphatic rings. The number of nitrogens with zero attached hydrogens (tertiary/aromatic N) is 7. The molecular formula is C17H19N7O. The second-order valence-electron chi connectivity index (χ2n) is 7.03. The average molecular weight is 337 g/mol. The van der Waals surface area contributed by atoms with E-state index in [0.29, 0.717) is 18.4 Å². The van der Waals surface area contributed by atoms with Gasteiger partial charge in [0.1, 0.15) is 12.1 Å². The quantitative estimate of drug-likeness (QED) is 0.704. The van der Waals surface area contributed by atoms with Crippen LogP contribution in [0.3, 0.4) is 0 Å². The summed E-state index contributed by atoms with van der Waals surface area (Å²) in [4.78, 5) is 23.0. The summed E-state index contributed by atoms with van der Waals surface area (Å²) in [6, 6.07) is 3.53. The summed E-state index contributed by atoms with van der Waals surface area (Å²) in [5, 5.41) is 9.78. The van der Waals surface area contributed by atoms with Gasteiger partial charge in [-0.1, -0.05) is 0 Å². The van der Waals surface area contributed by atoms with Gasteiger partial charge in [-0.2, -0.15) is 10.2 Å². The zero-order valence-electron chi connectivity index (χ0n) is 14.0. The molecular weight excluding hydrogens is 318 g/mol. The van der Waals surface area contributed by atoms with E-state index in [0.717, 1.165) is 35.6 Å². The highest BCUT2D eigenvalue weighted by molar-refractivity contribution is 5.86. The van der Waals surface area contributed by atoms with E-state index in [1.807, 2.05) is 19.3 Å². The van der Waals surface area contributed by atoms with E-state index in [4.69, 9.17) is 0 Å². The molecule has 0 bridgehead atoms. The molecule has 0 radical (unpaired) electrons. The fourth-order valence-corrected chi connectivity index (χ4v) is 3.50. The minimum atomic E-state index is -0.0143. The Bertz CT molecular complexity index is 998. The van der Waals surface area contributed by atoms with E-state index >= 15 is 0 Å². The Labute approximate surface area is 144 Å². The van der Waals surface area contributed by atoms with Crippen LogP contribution in [0.4, 0.5) is 5.82 Å². The zero-order chi connectivity index (χ0) is 17.0. The maximum atomic E-state index is 12.1. The second-order valence-corrected chi connectivity index (χ2v) is 7.03. The Morgan fingerprint density at radius 1 is 1.20 bits per heavy atom. The molecule has 3 aromatic rings. The molecule has 2 fully saturated rings. The van der Waals surface area contributed by atoms with Crippen LogP contribution >= 0.6 is 0 Å². The van der Waals surface area contributed by atoms with Crippen molar-refractivity contribution in [1.29, 1.82) is 0 Å². The van der Waals surface area contributed by atoms with Gasteiger partial charge in [-0.3, -0.25) is 9.48 Å². The third kappa shape index (κ3) is 2.48. The molecule has 0 amide bonds. The van der Waals surface area contributed by atoms with E-state index in [2.05, 4.69) is 25.1 Å². The number of hydrogen-bond donors (Lipinski definition) is 0. The Morgan fingerprint density at radius 3 is 2.84 bits per heavy atom. The van der Waals surface area contributed by atoms with Crippen LogP contribution in [0.25, 0.3) is 11.0 Å². The predicted molar refractivity (Wildman–Crippen MR) is 92.5 cm³/mol. The summed E-state index contributed by atoms with van der Waals surface area (Å²) in [6.07, 6.45) is 5.77. The maximum Gasteiger partial charge on any atom is 0.266 e. The SMILES string of the molecule is Cn1ncc2c(N3CC(Cn4nc(C5CC5)ccc4=O)C3)ncnc21. The molecule has 0 spiro atoms. The Morgan fingerprint density at radius 2 is 2.04 bits per heavy atom. The lowest BCUT2D eigenvalue weighted by Gasteiger charge is -2.40. The third-order valence-electron chi connectivity index (χ3n) is 5.08. The van der Waals surface area contributed by atoms with E-state index < -0.39 is 0 Å². The van der Waals surface area contributed by atoms with Crippen molar-refractivity contribution in [2.75, 3.05) is 18.0 Å². The van der Waals surface area contributed by atoms with Crippen molar-refractivity contribution < 1.29 is 0 Å². The van der Waals surface area contributed by atoms with E-state index in [1.54, 1.807) is 21.8 Å². The molecule has 8 nitrogen and oxygen atoms in total. The number of rotatable bonds is 4. The lowest BCUT2D eigenvalue weighted by atomic mass is 10.00. The average Bonchev–Trinajstić information content (AvgIpc) is 3.36. The highest BCUT2D eigenvalue weighted by atomic mass is 16.1. The molecule has 0 N–H and O–H groups in total. The summed E-state index contributed by atoms with van der Waals surface area (Å²) in [6.45, 7) is 2.39. The van der Waals surface area contributed by atoms with Crippen LogP contribution in [0.15, 0.2) is 29.5 Å². The van der Waals surface area contributed by atoms with Gasteiger partial charge >= 0.3 is 0 Å². The molecule has 128 valence electrons. The number of hydrogen-bond acceptors (Lipinski definition) is 6. The van der Waals surface area contributed by atoms with Crippen molar-refractivity contribution in [3.63, 3.8) is 0 Å². The molecule has 8 heteroatoms. The Kier molecular flexibility index (Phi) is 3.13. The smallest absolute Gasteiger partial charge is 0.266 e. The molecule has 1 aliphatic carbocycles. The second kappa shape index (κ2) is 5.37. The lowest BCUT2D eigenvalue weighted by molar-refractivity contribution is 0.332. The van der Waals surface area contributed by atoms with E-state index in [-0.39, 0.29) is 5.56 Å². The fourth-order valence-electron chi connectivity index (χ4n) is 3.50. The van der Waals surface area contributed by atoms with Gasteiger partial charge < -0.3 is 4.90 Å². The van der Waals surface area contributed by atoms with Crippen LogP contribution < -0.4 is 10.5 Å². The number of aryl methyl sites for hydroxylation is 1. The van der Waals surface area contributed by atoms with Crippen molar-refractivity contribution in [3.8, 4) is 0 Å². The fraction of sp³-hybridized carbons (Fsp3) is 0.471. The van der Waals surface area contributed by atoms with Crippen LogP contribution in [-0.2, 0) is 13.6 Å². The topological polar surface area (TPSA) is 81.7 Å². The summed E-state index contributed by atoms with van der Waals surface area (Å²) in [5.74, 6) is 1.88. The molecule has 1 saturated carbocycles. The van der Waals surface area contributed by atoms with Gasteiger partial charge in [0.05, 0.1) is 23.8 Å². The van der Waals surface area contributed by atoms with Crippen LogP contribution in [0.2, 0.25) is 0 Å². The molecule has 5 rings (SSSR count). The molecule has 3 aromatic heterocycles. The normalized spacial score (nSPS) is 17.9. The van der Waals surface area contributed by atoms with Gasteiger partial charge in [-0.15, -0.1) is 0 Å². The van der Waals surface area contributed by atoms with Gasteiger partial charge in [0, 0.05) is 38.0 Å². The summed E-state index contributed by atoms with van der Waals surface area (Å²) >= 11 is 0. The Balaban J connectivity index is 1.32. The molecule has 0 atom stereocenters. The van der Waals surface area contributed by atoms with Crippen molar-refractivity contribution in [2.45, 2.75) is 25.3 Å². The molecule has 1 aliphatic heterocycles. The third-order valence-corrected chi connectivity index (χ3v) is 5.08. The van der Waals surface area contributed by atoms with Crippen LogP contribution in [0, 0.1) is 5.92 Å². The van der Waals surface area contributed by atoms with Crippen molar-refractivity contribution in [3.05, 3.63) is 40.7 Å². The van der Waals surface area contributed by atoms with Crippen molar-refractivity contribution in [2.24, 2.45) is 13.0 Å². The minimum Gasteiger partial charge on any atom is -0.355 e. The van der Waals surface area contributed by atoms with E-state index in [9.17, 15) is 4.79 Å². The van der Waals surface area contributed by atoms with Crippen LogP contribution in [-0.4, -0.2) is 42.6 Å². The number of anilines is 1. The highest BCUT2D eigenvalue weighted by Crippen LogP contribution is 2.38. The summed E-state index contributed by atoms with van der Waals surface area (Å²) < 4.78 is 3.39. The minimum absolute atomic E-state index is 0.0143. The lowest BCUT2D eigenvalue weighted by Crippen LogP contribution is -2.50. The monoisotopic (exact) mass is 337 g/mol. The zero-order valence-corrected chi connectivity index (χ0v) is 14.0. The van der Waals surface area contributed by atoms with E-state index in [1.165, 1.54) is 12.8 Å². The maximum absolute atomic E-state index is 12.1. The predicted octanol–water partition coefficient (Wildman–Crippen LogP) is 0.934. The Hall–Kier alpha value is -2.77. The molecule has 25 heavy (non-hydrogen) atoms. The van der Waals surface area contributed by atoms with Gasteiger partial charge in [0.25, 0.3) is 5.56 Å². The van der Waals surface area contributed by atoms with Gasteiger partial charge in [0.15, 0.2) is 5.65 Å². The molecule has 1 saturated heterocycles. The van der Waals surface area contributed by atoms with Crippen molar-refractivity contribution >= 4 is 16.9 Å². The highest BCUT2D eigenvalue weighted by Gasteiger charge is 2.31.